The van der Waals surface area contributed by atoms with Crippen LogP contribution in [-0.4, -0.2) is 22.7 Å². The average molecular weight is 303 g/mol. The van der Waals surface area contributed by atoms with E-state index in [0.29, 0.717) is 13.0 Å². The summed E-state index contributed by atoms with van der Waals surface area (Å²) < 4.78 is 0. The van der Waals surface area contributed by atoms with Gasteiger partial charge in [-0.25, -0.2) is 0 Å². The second-order valence-corrected chi connectivity index (χ2v) is 4.81. The molecule has 0 fully saturated rings. The molecule has 0 saturated carbocycles. The van der Waals surface area contributed by atoms with Crippen LogP contribution in [0.1, 0.15) is 38.7 Å². The lowest BCUT2D eigenvalue weighted by atomic mass is 10.1. The van der Waals surface area contributed by atoms with Gasteiger partial charge >= 0.3 is 0 Å². The van der Waals surface area contributed by atoms with Crippen molar-refractivity contribution in [2.45, 2.75) is 39.7 Å². The number of carbonyl (C=O) groups excluding carboxylic acids is 3. The van der Waals surface area contributed by atoms with E-state index in [1.165, 1.54) is 6.92 Å². The van der Waals surface area contributed by atoms with Gasteiger partial charge in [-0.15, -0.1) is 0 Å². The summed E-state index contributed by atoms with van der Waals surface area (Å²) in [6, 6.07) is 3.55. The van der Waals surface area contributed by atoms with Gasteiger partial charge in [0.1, 0.15) is 5.57 Å². The van der Waals surface area contributed by atoms with Crippen LogP contribution in [0.3, 0.4) is 0 Å². The number of allylic oxidation sites excluding steroid dienone is 1. The summed E-state index contributed by atoms with van der Waals surface area (Å²) in [5.41, 5.74) is 0.848. The van der Waals surface area contributed by atoms with E-state index < -0.39 is 17.7 Å². The zero-order valence-corrected chi connectivity index (χ0v) is 12.9. The van der Waals surface area contributed by atoms with Gasteiger partial charge in [0.2, 0.25) is 5.91 Å². The predicted octanol–water partition coefficient (Wildman–Crippen LogP) is 1.48. The third-order valence-corrected chi connectivity index (χ3v) is 2.89. The minimum Gasteiger partial charge on any atom is -0.348 e. The number of amides is 3. The van der Waals surface area contributed by atoms with E-state index >= 15 is 0 Å². The van der Waals surface area contributed by atoms with Gasteiger partial charge < -0.3 is 5.32 Å². The molecule has 22 heavy (non-hydrogen) atoms. The Morgan fingerprint density at radius 2 is 1.86 bits per heavy atom. The van der Waals surface area contributed by atoms with Crippen LogP contribution < -0.4 is 10.6 Å². The Kier molecular flexibility index (Phi) is 7.53. The lowest BCUT2D eigenvalue weighted by molar-refractivity contribution is -0.128. The van der Waals surface area contributed by atoms with E-state index in [-0.39, 0.29) is 5.57 Å². The molecule has 3 amide bonds. The monoisotopic (exact) mass is 303 g/mol. The SMILES string of the molecule is CCCC/C=C(/C(=O)NCc1ccncc1)C(=O)NC(C)=O. The fraction of sp³-hybridized carbons (Fsp3) is 0.375. The van der Waals surface area contributed by atoms with E-state index in [1.807, 2.05) is 6.92 Å². The predicted molar refractivity (Wildman–Crippen MR) is 82.5 cm³/mol. The van der Waals surface area contributed by atoms with Crippen LogP contribution in [0.15, 0.2) is 36.2 Å². The Morgan fingerprint density at radius 3 is 2.45 bits per heavy atom. The lowest BCUT2D eigenvalue weighted by Gasteiger charge is -2.09. The molecule has 1 rings (SSSR count). The van der Waals surface area contributed by atoms with Gasteiger partial charge in [-0.3, -0.25) is 24.7 Å². The highest BCUT2D eigenvalue weighted by Gasteiger charge is 2.18. The number of pyridine rings is 1. The fourth-order valence-electron chi connectivity index (χ4n) is 1.74. The third kappa shape index (κ3) is 6.30. The molecule has 6 heteroatoms. The maximum absolute atomic E-state index is 12.2. The van der Waals surface area contributed by atoms with Gasteiger partial charge in [-0.1, -0.05) is 25.8 Å². The Labute approximate surface area is 130 Å². The zero-order valence-electron chi connectivity index (χ0n) is 12.9. The number of carbonyl (C=O) groups is 3. The molecule has 0 radical (unpaired) electrons. The van der Waals surface area contributed by atoms with Crippen LogP contribution in [0, 0.1) is 0 Å². The minimum atomic E-state index is -0.671. The van der Waals surface area contributed by atoms with Crippen LogP contribution >= 0.6 is 0 Å². The van der Waals surface area contributed by atoms with Gasteiger partial charge in [0.05, 0.1) is 0 Å². The summed E-state index contributed by atoms with van der Waals surface area (Å²) in [5.74, 6) is -1.66. The number of unbranched alkanes of at least 4 members (excludes halogenated alkanes) is 2. The molecule has 0 saturated heterocycles. The average Bonchev–Trinajstić information content (AvgIpc) is 2.49. The number of rotatable bonds is 7. The summed E-state index contributed by atoms with van der Waals surface area (Å²) in [5, 5.41) is 4.80. The van der Waals surface area contributed by atoms with Crippen molar-refractivity contribution in [1.29, 1.82) is 0 Å². The quantitative estimate of drug-likeness (QED) is 0.345. The summed E-state index contributed by atoms with van der Waals surface area (Å²) in [4.78, 5) is 39.0. The summed E-state index contributed by atoms with van der Waals surface area (Å²) in [7, 11) is 0. The highest BCUT2D eigenvalue weighted by atomic mass is 16.2. The number of hydrogen-bond acceptors (Lipinski definition) is 4. The molecular formula is C16H21N3O3. The van der Waals surface area contributed by atoms with Crippen LogP contribution in [0.2, 0.25) is 0 Å². The molecule has 0 atom stereocenters. The van der Waals surface area contributed by atoms with Crippen molar-refractivity contribution in [2.75, 3.05) is 0 Å². The second-order valence-electron chi connectivity index (χ2n) is 4.81. The maximum atomic E-state index is 12.2. The number of nitrogens with one attached hydrogen (secondary N) is 2. The van der Waals surface area contributed by atoms with Gasteiger partial charge in [-0.05, 0) is 24.1 Å². The highest BCUT2D eigenvalue weighted by molar-refractivity contribution is 6.21. The first-order valence-corrected chi connectivity index (χ1v) is 7.23. The van der Waals surface area contributed by atoms with Crippen LogP contribution in [-0.2, 0) is 20.9 Å². The number of nitrogens with zero attached hydrogens (tertiary/aromatic N) is 1. The largest absolute Gasteiger partial charge is 0.348 e. The summed E-state index contributed by atoms with van der Waals surface area (Å²) >= 11 is 0. The van der Waals surface area contributed by atoms with Crippen LogP contribution in [0.4, 0.5) is 0 Å². The van der Waals surface area contributed by atoms with E-state index in [9.17, 15) is 14.4 Å². The van der Waals surface area contributed by atoms with Gasteiger partial charge in [0.15, 0.2) is 0 Å². The fourth-order valence-corrected chi connectivity index (χ4v) is 1.74. The Hall–Kier alpha value is -2.50. The normalized spacial score (nSPS) is 10.9. The maximum Gasteiger partial charge on any atom is 0.263 e. The smallest absolute Gasteiger partial charge is 0.263 e. The molecule has 0 aliphatic heterocycles. The van der Waals surface area contributed by atoms with E-state index in [4.69, 9.17) is 0 Å². The Morgan fingerprint density at radius 1 is 1.18 bits per heavy atom. The van der Waals surface area contributed by atoms with E-state index in [2.05, 4.69) is 15.6 Å². The summed E-state index contributed by atoms with van der Waals surface area (Å²) in [6.45, 7) is 3.54. The van der Waals surface area contributed by atoms with E-state index in [0.717, 1.165) is 18.4 Å². The van der Waals surface area contributed by atoms with Gasteiger partial charge in [0.25, 0.3) is 11.8 Å². The zero-order chi connectivity index (χ0) is 16.4. The van der Waals surface area contributed by atoms with Crippen molar-refractivity contribution >= 4 is 17.7 Å². The second kappa shape index (κ2) is 9.44. The van der Waals surface area contributed by atoms with Gasteiger partial charge in [0, 0.05) is 25.9 Å². The summed E-state index contributed by atoms with van der Waals surface area (Å²) in [6.07, 6.45) is 7.26. The number of aromatic nitrogens is 1. The molecule has 2 N–H and O–H groups in total. The van der Waals surface area contributed by atoms with Crippen molar-refractivity contribution in [2.24, 2.45) is 0 Å². The standard InChI is InChI=1S/C16H21N3O3/c1-3-4-5-6-14(16(22)19-12(2)20)15(21)18-11-13-7-9-17-10-8-13/h6-10H,3-5,11H2,1-2H3,(H,18,21)(H,19,20,22)/b14-6-. The van der Waals surface area contributed by atoms with Crippen LogP contribution in [0.5, 0.6) is 0 Å². The van der Waals surface area contributed by atoms with Crippen molar-refractivity contribution in [3.63, 3.8) is 0 Å². The molecule has 0 unspecified atom stereocenters. The lowest BCUT2D eigenvalue weighted by Crippen LogP contribution is -2.36. The molecule has 0 aliphatic carbocycles. The van der Waals surface area contributed by atoms with E-state index in [1.54, 1.807) is 30.6 Å². The first kappa shape index (κ1) is 17.6. The Balaban J connectivity index is 2.72. The first-order valence-electron chi connectivity index (χ1n) is 7.23. The minimum absolute atomic E-state index is 0.0299. The molecular weight excluding hydrogens is 282 g/mol. The molecule has 6 nitrogen and oxygen atoms in total. The molecule has 0 spiro atoms. The van der Waals surface area contributed by atoms with Crippen molar-refractivity contribution in [1.82, 2.24) is 15.6 Å². The molecule has 0 aliphatic rings. The topological polar surface area (TPSA) is 88.2 Å². The molecule has 118 valence electrons. The third-order valence-electron chi connectivity index (χ3n) is 2.89. The van der Waals surface area contributed by atoms with Crippen molar-refractivity contribution < 1.29 is 14.4 Å². The van der Waals surface area contributed by atoms with Crippen molar-refractivity contribution in [3.8, 4) is 0 Å². The Bertz CT molecular complexity index is 553. The molecule has 1 heterocycles. The van der Waals surface area contributed by atoms with Crippen LogP contribution in [0.25, 0.3) is 0 Å². The van der Waals surface area contributed by atoms with Gasteiger partial charge in [-0.2, -0.15) is 0 Å². The first-order chi connectivity index (χ1) is 10.5. The number of imide groups is 1. The van der Waals surface area contributed by atoms with Crippen molar-refractivity contribution in [3.05, 3.63) is 41.7 Å². The molecule has 0 bridgehead atoms. The highest BCUT2D eigenvalue weighted by Crippen LogP contribution is 2.04. The molecule has 1 aromatic heterocycles. The molecule has 0 aromatic carbocycles. The molecule has 1 aromatic rings. The number of hydrogen-bond donors (Lipinski definition) is 2.